The molecule has 0 spiro atoms. The Morgan fingerprint density at radius 3 is 2.68 bits per heavy atom. The smallest absolute Gasteiger partial charge is 0.223 e. The third-order valence-corrected chi connectivity index (χ3v) is 6.70. The van der Waals surface area contributed by atoms with Gasteiger partial charge in [-0.05, 0) is 38.2 Å². The molecule has 162 valence electrons. The maximum atomic E-state index is 12.8. The maximum absolute atomic E-state index is 12.8. The van der Waals surface area contributed by atoms with E-state index < -0.39 is 0 Å². The van der Waals surface area contributed by atoms with E-state index in [9.17, 15) is 4.79 Å². The number of fused-ring (bicyclic) bond motifs is 3. The lowest BCUT2D eigenvalue weighted by molar-refractivity contribution is -0.126. The lowest BCUT2D eigenvalue weighted by Crippen LogP contribution is -2.41. The summed E-state index contributed by atoms with van der Waals surface area (Å²) in [5, 5.41) is 3.19. The van der Waals surface area contributed by atoms with Crippen LogP contribution in [0.4, 0.5) is 5.82 Å². The summed E-state index contributed by atoms with van der Waals surface area (Å²) in [6.45, 7) is 4.66. The summed E-state index contributed by atoms with van der Waals surface area (Å²) < 4.78 is 2.28. The van der Waals surface area contributed by atoms with E-state index in [0.29, 0.717) is 0 Å². The van der Waals surface area contributed by atoms with Crippen LogP contribution in [-0.4, -0.2) is 38.5 Å². The molecular weight excluding hydrogens is 388 g/mol. The number of carbonyl (C=O) groups is 1. The summed E-state index contributed by atoms with van der Waals surface area (Å²) in [4.78, 5) is 29.2. The van der Waals surface area contributed by atoms with Gasteiger partial charge in [0, 0.05) is 32.0 Å². The highest BCUT2D eigenvalue weighted by Crippen LogP contribution is 2.29. The first kappa shape index (κ1) is 20.0. The minimum absolute atomic E-state index is 0.0224. The van der Waals surface area contributed by atoms with Gasteiger partial charge in [0.25, 0.3) is 0 Å². The van der Waals surface area contributed by atoms with Crippen molar-refractivity contribution < 1.29 is 4.79 Å². The fourth-order valence-corrected chi connectivity index (χ4v) is 4.87. The van der Waals surface area contributed by atoms with Crippen molar-refractivity contribution in [2.45, 2.75) is 58.0 Å². The Hall–Kier alpha value is -2.96. The molecule has 0 saturated carbocycles. The maximum Gasteiger partial charge on any atom is 0.223 e. The molecule has 1 atom stereocenters. The number of imidazole rings is 1. The Balaban J connectivity index is 1.26. The molecule has 1 fully saturated rings. The van der Waals surface area contributed by atoms with Crippen LogP contribution < -0.4 is 10.2 Å². The van der Waals surface area contributed by atoms with Gasteiger partial charge in [-0.25, -0.2) is 15.0 Å². The summed E-state index contributed by atoms with van der Waals surface area (Å²) in [5.41, 5.74) is 3.01. The molecule has 2 aliphatic heterocycles. The molecule has 0 aliphatic carbocycles. The predicted molar refractivity (Wildman–Crippen MR) is 121 cm³/mol. The van der Waals surface area contributed by atoms with E-state index in [2.05, 4.69) is 36.9 Å². The van der Waals surface area contributed by atoms with E-state index in [-0.39, 0.29) is 17.9 Å². The van der Waals surface area contributed by atoms with Gasteiger partial charge in [-0.3, -0.25) is 4.79 Å². The number of hydrogen-bond acceptors (Lipinski definition) is 5. The molecule has 0 radical (unpaired) electrons. The summed E-state index contributed by atoms with van der Waals surface area (Å²) in [7, 11) is 0. The summed E-state index contributed by atoms with van der Waals surface area (Å²) in [6, 6.07) is 10.1. The predicted octanol–water partition coefficient (Wildman–Crippen LogP) is 3.65. The van der Waals surface area contributed by atoms with E-state index in [1.54, 1.807) is 6.33 Å². The van der Waals surface area contributed by atoms with Crippen LogP contribution in [0.3, 0.4) is 0 Å². The van der Waals surface area contributed by atoms with E-state index in [0.717, 1.165) is 67.3 Å². The molecule has 3 aromatic rings. The quantitative estimate of drug-likeness (QED) is 0.700. The Kier molecular flexibility index (Phi) is 5.57. The van der Waals surface area contributed by atoms with Crippen LogP contribution in [0.1, 0.15) is 56.5 Å². The Morgan fingerprint density at radius 2 is 1.87 bits per heavy atom. The highest BCUT2D eigenvalue weighted by atomic mass is 16.1. The molecule has 2 aromatic heterocycles. The molecule has 0 bridgehead atoms. The Morgan fingerprint density at radius 1 is 1.06 bits per heavy atom. The van der Waals surface area contributed by atoms with Crippen LogP contribution in [-0.2, 0) is 17.8 Å². The van der Waals surface area contributed by atoms with Crippen LogP contribution in [0.5, 0.6) is 0 Å². The molecule has 2 aliphatic rings. The first-order valence-electron chi connectivity index (χ1n) is 11.5. The second-order valence-electron chi connectivity index (χ2n) is 8.76. The average molecular weight is 419 g/mol. The molecule has 1 aromatic carbocycles. The topological polar surface area (TPSA) is 75.9 Å². The fraction of sp³-hybridized carbons (Fsp3) is 0.500. The number of amides is 1. The van der Waals surface area contributed by atoms with E-state index in [1.165, 1.54) is 19.3 Å². The van der Waals surface area contributed by atoms with Crippen molar-refractivity contribution in [2.24, 2.45) is 5.92 Å². The Bertz CT molecular complexity index is 1050. The van der Waals surface area contributed by atoms with Crippen LogP contribution in [0, 0.1) is 5.92 Å². The SMILES string of the molecule is C[C@H](NC(=O)C1CCN(c2ncnc3c2nc2n3CCCCC2)CC1)c1ccccc1. The van der Waals surface area contributed by atoms with Gasteiger partial charge >= 0.3 is 0 Å². The number of rotatable bonds is 4. The number of benzene rings is 1. The van der Waals surface area contributed by atoms with E-state index in [1.807, 2.05) is 25.1 Å². The van der Waals surface area contributed by atoms with Crippen LogP contribution in [0.2, 0.25) is 0 Å². The van der Waals surface area contributed by atoms with E-state index in [4.69, 9.17) is 4.98 Å². The number of nitrogens with zero attached hydrogens (tertiary/aromatic N) is 5. The lowest BCUT2D eigenvalue weighted by atomic mass is 9.95. The van der Waals surface area contributed by atoms with Gasteiger partial charge in [0.2, 0.25) is 5.91 Å². The van der Waals surface area contributed by atoms with Gasteiger partial charge in [-0.15, -0.1) is 0 Å². The zero-order valence-corrected chi connectivity index (χ0v) is 18.1. The van der Waals surface area contributed by atoms with Crippen molar-refractivity contribution in [1.82, 2.24) is 24.8 Å². The molecular formula is C24H30N6O. The highest BCUT2D eigenvalue weighted by Gasteiger charge is 2.28. The van der Waals surface area contributed by atoms with Crippen molar-refractivity contribution in [2.75, 3.05) is 18.0 Å². The van der Waals surface area contributed by atoms with Gasteiger partial charge in [-0.2, -0.15) is 0 Å². The number of aromatic nitrogens is 4. The van der Waals surface area contributed by atoms with Crippen molar-refractivity contribution in [3.63, 3.8) is 0 Å². The molecule has 5 rings (SSSR count). The van der Waals surface area contributed by atoms with Gasteiger partial charge in [0.15, 0.2) is 17.0 Å². The molecule has 1 N–H and O–H groups in total. The van der Waals surface area contributed by atoms with Crippen LogP contribution in [0.25, 0.3) is 11.2 Å². The van der Waals surface area contributed by atoms with Gasteiger partial charge in [0.05, 0.1) is 6.04 Å². The van der Waals surface area contributed by atoms with Crippen LogP contribution in [0.15, 0.2) is 36.7 Å². The lowest BCUT2D eigenvalue weighted by Gasteiger charge is -2.32. The number of aryl methyl sites for hydroxylation is 2. The second kappa shape index (κ2) is 8.65. The van der Waals surface area contributed by atoms with Gasteiger partial charge in [-0.1, -0.05) is 36.8 Å². The Labute approximate surface area is 182 Å². The third kappa shape index (κ3) is 4.01. The fourth-order valence-electron chi connectivity index (χ4n) is 4.87. The van der Waals surface area contributed by atoms with Crippen molar-refractivity contribution in [3.05, 3.63) is 48.0 Å². The summed E-state index contributed by atoms with van der Waals surface area (Å²) >= 11 is 0. The number of piperidine rings is 1. The molecule has 1 saturated heterocycles. The second-order valence-corrected chi connectivity index (χ2v) is 8.76. The van der Waals surface area contributed by atoms with Gasteiger partial charge in [0.1, 0.15) is 12.2 Å². The first-order chi connectivity index (χ1) is 15.2. The number of nitrogens with one attached hydrogen (secondary N) is 1. The zero-order chi connectivity index (χ0) is 21.2. The summed E-state index contributed by atoms with van der Waals surface area (Å²) in [6.07, 6.45) is 7.95. The average Bonchev–Trinajstić information content (AvgIpc) is 3.00. The minimum atomic E-state index is 0.0224. The number of hydrogen-bond donors (Lipinski definition) is 1. The highest BCUT2D eigenvalue weighted by molar-refractivity contribution is 5.84. The monoisotopic (exact) mass is 418 g/mol. The number of carbonyl (C=O) groups excluding carboxylic acids is 1. The molecule has 7 nitrogen and oxygen atoms in total. The molecule has 31 heavy (non-hydrogen) atoms. The molecule has 0 unspecified atom stereocenters. The molecule has 1 amide bonds. The largest absolute Gasteiger partial charge is 0.355 e. The van der Waals surface area contributed by atoms with Crippen molar-refractivity contribution in [1.29, 1.82) is 0 Å². The third-order valence-electron chi connectivity index (χ3n) is 6.70. The van der Waals surface area contributed by atoms with Crippen LogP contribution >= 0.6 is 0 Å². The normalized spacial score (nSPS) is 18.4. The standard InChI is InChI=1S/C24H30N6O/c1-17(18-8-4-2-5-9-18)27-24(31)19-11-14-29(15-12-19)22-21-23(26-16-25-22)30-13-7-3-6-10-20(30)28-21/h2,4-5,8-9,16-17,19H,3,6-7,10-15H2,1H3,(H,27,31)/t17-/m0/s1. The number of anilines is 1. The van der Waals surface area contributed by atoms with Crippen molar-refractivity contribution >= 4 is 22.9 Å². The molecule has 7 heteroatoms. The minimum Gasteiger partial charge on any atom is -0.355 e. The van der Waals surface area contributed by atoms with E-state index >= 15 is 0 Å². The van der Waals surface area contributed by atoms with Crippen molar-refractivity contribution in [3.8, 4) is 0 Å². The summed E-state index contributed by atoms with van der Waals surface area (Å²) in [5.74, 6) is 2.25. The zero-order valence-electron chi connectivity index (χ0n) is 18.1. The first-order valence-corrected chi connectivity index (χ1v) is 11.5. The van der Waals surface area contributed by atoms with Gasteiger partial charge < -0.3 is 14.8 Å². The molecule has 4 heterocycles.